The fourth-order valence-electron chi connectivity index (χ4n) is 2.73. The van der Waals surface area contributed by atoms with Crippen LogP contribution in [0, 0.1) is 12.7 Å². The zero-order chi connectivity index (χ0) is 21.8. The number of carbonyl (C=O) groups excluding carboxylic acids is 2. The van der Waals surface area contributed by atoms with Gasteiger partial charge in [0.1, 0.15) is 17.4 Å². The number of ether oxygens (including phenoxy) is 1. The summed E-state index contributed by atoms with van der Waals surface area (Å²) < 4.78 is 19.7. The average Bonchev–Trinajstić information content (AvgIpc) is 3.09. The van der Waals surface area contributed by atoms with E-state index in [0.29, 0.717) is 28.0 Å². The van der Waals surface area contributed by atoms with E-state index in [0.717, 1.165) is 0 Å². The smallest absolute Gasteiger partial charge is 0.293 e. The summed E-state index contributed by atoms with van der Waals surface area (Å²) in [5, 5.41) is 7.28. The van der Waals surface area contributed by atoms with Crippen molar-refractivity contribution >= 4 is 29.1 Å². The predicted molar refractivity (Wildman–Crippen MR) is 110 cm³/mol. The maximum absolute atomic E-state index is 13.1. The largest absolute Gasteiger partial charge is 0.495 e. The van der Waals surface area contributed by atoms with E-state index in [1.807, 2.05) is 0 Å². The number of hydrogen-bond acceptors (Lipinski definition) is 5. The van der Waals surface area contributed by atoms with Gasteiger partial charge in [0.05, 0.1) is 25.0 Å². The fourth-order valence-corrected chi connectivity index (χ4v) is 2.91. The molecule has 0 aliphatic heterocycles. The van der Waals surface area contributed by atoms with Crippen LogP contribution >= 0.6 is 11.6 Å². The summed E-state index contributed by atoms with van der Waals surface area (Å²) in [5.74, 6) is -0.542. The number of nitrogens with one attached hydrogen (secondary N) is 1. The Balaban J connectivity index is 1.70. The molecule has 0 aliphatic carbocycles. The lowest BCUT2D eigenvalue weighted by atomic mass is 10.3. The van der Waals surface area contributed by atoms with Gasteiger partial charge in [-0.3, -0.25) is 9.59 Å². The Morgan fingerprint density at radius 3 is 2.60 bits per heavy atom. The highest BCUT2D eigenvalue weighted by atomic mass is 35.5. The van der Waals surface area contributed by atoms with Crippen molar-refractivity contribution in [3.8, 4) is 11.4 Å². The highest BCUT2D eigenvalue weighted by Gasteiger charge is 2.21. The van der Waals surface area contributed by atoms with Gasteiger partial charge < -0.3 is 15.0 Å². The van der Waals surface area contributed by atoms with Crippen molar-refractivity contribution in [2.45, 2.75) is 6.92 Å². The van der Waals surface area contributed by atoms with E-state index < -0.39 is 11.8 Å². The summed E-state index contributed by atoms with van der Waals surface area (Å²) in [4.78, 5) is 30.4. The molecule has 0 saturated carbocycles. The first-order chi connectivity index (χ1) is 14.3. The van der Waals surface area contributed by atoms with Gasteiger partial charge in [-0.15, -0.1) is 5.10 Å². The normalized spacial score (nSPS) is 10.6. The molecule has 10 heteroatoms. The summed E-state index contributed by atoms with van der Waals surface area (Å²) in [7, 11) is 2.94. The molecule has 2 amide bonds. The number of halogens is 2. The fraction of sp³-hybridized carbons (Fsp3) is 0.200. The van der Waals surface area contributed by atoms with Crippen molar-refractivity contribution < 1.29 is 18.7 Å². The third-order valence-corrected chi connectivity index (χ3v) is 4.43. The maximum Gasteiger partial charge on any atom is 0.293 e. The van der Waals surface area contributed by atoms with Crippen LogP contribution in [-0.4, -0.2) is 52.2 Å². The molecule has 0 spiro atoms. The van der Waals surface area contributed by atoms with E-state index in [1.165, 1.54) is 48.0 Å². The van der Waals surface area contributed by atoms with Gasteiger partial charge in [-0.1, -0.05) is 11.6 Å². The summed E-state index contributed by atoms with van der Waals surface area (Å²) in [6, 6.07) is 10.5. The molecule has 2 aromatic carbocycles. The van der Waals surface area contributed by atoms with Crippen LogP contribution in [0.3, 0.4) is 0 Å². The van der Waals surface area contributed by atoms with Crippen LogP contribution in [0.5, 0.6) is 5.75 Å². The van der Waals surface area contributed by atoms with Crippen LogP contribution in [0.15, 0.2) is 42.5 Å². The number of aromatic nitrogens is 3. The van der Waals surface area contributed by atoms with E-state index >= 15 is 0 Å². The van der Waals surface area contributed by atoms with E-state index in [-0.39, 0.29) is 18.2 Å². The molecule has 3 aromatic rings. The summed E-state index contributed by atoms with van der Waals surface area (Å²) in [6.45, 7) is 1.43. The second kappa shape index (κ2) is 8.91. The van der Waals surface area contributed by atoms with Crippen molar-refractivity contribution in [3.05, 3.63) is 65.0 Å². The molecule has 30 heavy (non-hydrogen) atoms. The molecule has 0 fully saturated rings. The highest BCUT2D eigenvalue weighted by molar-refractivity contribution is 6.31. The molecule has 8 nitrogen and oxygen atoms in total. The minimum Gasteiger partial charge on any atom is -0.495 e. The molecule has 156 valence electrons. The molecule has 0 aliphatic rings. The monoisotopic (exact) mass is 431 g/mol. The average molecular weight is 432 g/mol. The van der Waals surface area contributed by atoms with Gasteiger partial charge in [0.2, 0.25) is 11.7 Å². The zero-order valence-corrected chi connectivity index (χ0v) is 17.3. The van der Waals surface area contributed by atoms with Gasteiger partial charge in [0.15, 0.2) is 0 Å². The Morgan fingerprint density at radius 2 is 1.93 bits per heavy atom. The van der Waals surface area contributed by atoms with Crippen molar-refractivity contribution in [2.24, 2.45) is 0 Å². The highest BCUT2D eigenvalue weighted by Crippen LogP contribution is 2.27. The van der Waals surface area contributed by atoms with Gasteiger partial charge in [-0.05, 0) is 49.4 Å². The quantitative estimate of drug-likeness (QED) is 0.647. The van der Waals surface area contributed by atoms with E-state index in [4.69, 9.17) is 16.3 Å². The first kappa shape index (κ1) is 21.3. The molecular formula is C20H19ClFN5O3. The third-order valence-electron chi connectivity index (χ3n) is 4.19. The molecule has 1 aromatic heterocycles. The molecule has 0 bridgehead atoms. The second-order valence-corrected chi connectivity index (χ2v) is 6.86. The van der Waals surface area contributed by atoms with Crippen LogP contribution in [0.25, 0.3) is 5.69 Å². The predicted octanol–water partition coefficient (Wildman–Crippen LogP) is 3.09. The Labute approximate surface area is 177 Å². The lowest BCUT2D eigenvalue weighted by Gasteiger charge is -2.16. The maximum atomic E-state index is 13.1. The van der Waals surface area contributed by atoms with Gasteiger partial charge in [-0.25, -0.2) is 14.1 Å². The molecule has 1 heterocycles. The Kier molecular flexibility index (Phi) is 6.31. The Hall–Kier alpha value is -3.46. The SMILES string of the molecule is COc1ccc(Cl)cc1NC(=O)CN(C)C(=O)c1nc(C)n(-c2ccc(F)cc2)n1. The zero-order valence-electron chi connectivity index (χ0n) is 16.5. The lowest BCUT2D eigenvalue weighted by Crippen LogP contribution is -2.35. The number of carbonyl (C=O) groups is 2. The number of likely N-dealkylation sites (N-methyl/N-ethyl adjacent to an activating group) is 1. The first-order valence-electron chi connectivity index (χ1n) is 8.87. The number of benzene rings is 2. The van der Waals surface area contributed by atoms with Gasteiger partial charge in [0.25, 0.3) is 5.91 Å². The number of rotatable bonds is 6. The second-order valence-electron chi connectivity index (χ2n) is 6.42. The van der Waals surface area contributed by atoms with Crippen molar-refractivity contribution in [3.63, 3.8) is 0 Å². The molecular weight excluding hydrogens is 413 g/mol. The van der Waals surface area contributed by atoms with Crippen LogP contribution in [-0.2, 0) is 4.79 Å². The Morgan fingerprint density at radius 1 is 1.23 bits per heavy atom. The van der Waals surface area contributed by atoms with Crippen molar-refractivity contribution in [2.75, 3.05) is 26.0 Å². The number of anilines is 1. The van der Waals surface area contributed by atoms with Crippen molar-refractivity contribution in [1.29, 1.82) is 0 Å². The minimum atomic E-state index is -0.535. The third kappa shape index (κ3) is 4.74. The first-order valence-corrected chi connectivity index (χ1v) is 9.24. The number of methoxy groups -OCH3 is 1. The molecule has 3 rings (SSSR count). The van der Waals surface area contributed by atoms with Crippen molar-refractivity contribution in [1.82, 2.24) is 19.7 Å². The van der Waals surface area contributed by atoms with Crippen LogP contribution in [0.1, 0.15) is 16.4 Å². The molecule has 0 atom stereocenters. The summed E-state index contributed by atoms with van der Waals surface area (Å²) >= 11 is 5.96. The van der Waals surface area contributed by atoms with Crippen LogP contribution in [0.4, 0.5) is 10.1 Å². The number of aryl methyl sites for hydroxylation is 1. The summed E-state index contributed by atoms with van der Waals surface area (Å²) in [5.41, 5.74) is 0.958. The summed E-state index contributed by atoms with van der Waals surface area (Å²) in [6.07, 6.45) is 0. The molecule has 1 N–H and O–H groups in total. The van der Waals surface area contributed by atoms with Crippen LogP contribution in [0.2, 0.25) is 5.02 Å². The number of amides is 2. The van der Waals surface area contributed by atoms with Gasteiger partial charge in [0, 0.05) is 12.1 Å². The molecule has 0 radical (unpaired) electrons. The van der Waals surface area contributed by atoms with E-state index in [2.05, 4.69) is 15.4 Å². The van der Waals surface area contributed by atoms with Crippen LogP contribution < -0.4 is 10.1 Å². The Bertz CT molecular complexity index is 1080. The lowest BCUT2D eigenvalue weighted by molar-refractivity contribution is -0.116. The van der Waals surface area contributed by atoms with Gasteiger partial charge in [-0.2, -0.15) is 0 Å². The standard InChI is InChI=1S/C20H19ClFN5O3/c1-12-23-19(25-27(12)15-7-5-14(22)6-8-15)20(29)26(2)11-18(28)24-16-10-13(21)4-9-17(16)30-3/h4-10H,11H2,1-3H3,(H,24,28). The van der Waals surface area contributed by atoms with E-state index in [1.54, 1.807) is 25.1 Å². The molecule has 0 saturated heterocycles. The number of hydrogen-bond donors (Lipinski definition) is 1. The van der Waals surface area contributed by atoms with E-state index in [9.17, 15) is 14.0 Å². The topological polar surface area (TPSA) is 89.4 Å². The molecule has 0 unspecified atom stereocenters. The minimum absolute atomic E-state index is 0.0764. The number of nitrogens with zero attached hydrogens (tertiary/aromatic N) is 4. The van der Waals surface area contributed by atoms with Gasteiger partial charge >= 0.3 is 0 Å².